The number of halogens is 2. The zero-order chi connectivity index (χ0) is 33.1. The second-order valence-corrected chi connectivity index (χ2v) is 23.2. The fourth-order valence-electron chi connectivity index (χ4n) is 7.54. The van der Waals surface area contributed by atoms with Crippen molar-refractivity contribution < 1.29 is 46.1 Å². The summed E-state index contributed by atoms with van der Waals surface area (Å²) in [5.41, 5.74) is 13.5. The van der Waals surface area contributed by atoms with E-state index in [1.54, 1.807) is 17.6 Å². The van der Waals surface area contributed by atoms with Crippen LogP contribution in [0.25, 0.3) is 11.1 Å². The number of allylic oxidation sites excluding steroid dienone is 4. The Morgan fingerprint density at radius 3 is 1.71 bits per heavy atom. The van der Waals surface area contributed by atoms with Crippen molar-refractivity contribution >= 4 is 6.48 Å². The number of hydrogen-bond donors (Lipinski definition) is 0. The van der Waals surface area contributed by atoms with Crippen molar-refractivity contribution in [3.05, 3.63) is 148 Å². The summed E-state index contributed by atoms with van der Waals surface area (Å²) in [5.74, 6) is 0. The van der Waals surface area contributed by atoms with Gasteiger partial charge >= 0.3 is 288 Å². The standard InChI is InChI=1S/C21H25.C13H10.C11H17.2ClH.Zr/c1-20(2,3)16-7-9-18-14(12-16)11-15-13-17(21(4,5)6)8-10-19(15)18;1-3-7-12(8-4-1)11-13-9-5-2-6-10-13;1-5-9-6-7-10(8-9)11(2,3)4;;;/h7-10,12H,11H2,1-6H3;1-10H;6-8H,5H2,1-4H3;2*1H;/q;;;;;+2/p-2. The number of benzene rings is 4. The maximum Gasteiger partial charge on any atom is -1.00 e. The van der Waals surface area contributed by atoms with Crippen molar-refractivity contribution in [2.45, 2.75) is 96.0 Å². The van der Waals surface area contributed by atoms with E-state index in [4.69, 9.17) is 0 Å². The molecular formula is C45H52Cl2Zr. The SMILES string of the molecule is CC[C]1([Zr+2](=[C](c2ccccc2)c2ccccc2)[c]2c(C(C)(C)C)ccc3c2Cc2cc(C(C)(C)C)ccc2-3)C=CC(C(C)(C)C)=C1.[Cl-].[Cl-]. The van der Waals surface area contributed by atoms with Crippen LogP contribution in [0.3, 0.4) is 0 Å². The molecule has 0 aromatic heterocycles. The average Bonchev–Trinajstić information content (AvgIpc) is 3.62. The molecule has 0 bridgehead atoms. The molecule has 250 valence electrons. The number of rotatable bonds is 5. The number of hydrogen-bond acceptors (Lipinski definition) is 0. The second kappa shape index (κ2) is 14.1. The minimum absolute atomic E-state index is 0. The van der Waals surface area contributed by atoms with Crippen molar-refractivity contribution in [1.29, 1.82) is 0 Å². The Kier molecular flexibility index (Phi) is 11.3. The van der Waals surface area contributed by atoms with E-state index in [1.807, 2.05) is 0 Å². The Hall–Kier alpha value is -2.31. The van der Waals surface area contributed by atoms with Gasteiger partial charge in [-0.3, -0.25) is 0 Å². The minimum Gasteiger partial charge on any atom is -1.00 e. The molecule has 0 fully saturated rings. The van der Waals surface area contributed by atoms with Gasteiger partial charge in [0.05, 0.1) is 0 Å². The monoisotopic (exact) mass is 752 g/mol. The second-order valence-electron chi connectivity index (χ2n) is 16.6. The molecule has 2 aliphatic carbocycles. The summed E-state index contributed by atoms with van der Waals surface area (Å²) in [7, 11) is 0. The first-order valence-electron chi connectivity index (χ1n) is 17.2. The van der Waals surface area contributed by atoms with Crippen molar-refractivity contribution in [2.75, 3.05) is 0 Å². The van der Waals surface area contributed by atoms with Gasteiger partial charge in [0.15, 0.2) is 0 Å². The molecule has 3 heteroatoms. The van der Waals surface area contributed by atoms with Gasteiger partial charge in [-0.05, 0) is 0 Å². The molecule has 1 unspecified atom stereocenters. The molecule has 48 heavy (non-hydrogen) atoms. The third-order valence-corrected chi connectivity index (χ3v) is 19.5. The smallest absolute Gasteiger partial charge is 1.00 e. The Balaban J connectivity index is 0.00000260. The largest absolute Gasteiger partial charge is 1.00 e. The van der Waals surface area contributed by atoms with Crippen LogP contribution in [-0.2, 0) is 38.5 Å². The van der Waals surface area contributed by atoms with Gasteiger partial charge < -0.3 is 24.8 Å². The van der Waals surface area contributed by atoms with Crippen LogP contribution in [0.4, 0.5) is 0 Å². The van der Waals surface area contributed by atoms with Gasteiger partial charge in [0.25, 0.3) is 0 Å². The van der Waals surface area contributed by atoms with Crippen LogP contribution in [-0.4, -0.2) is 3.21 Å². The first kappa shape index (κ1) is 38.5. The Morgan fingerprint density at radius 2 is 1.23 bits per heavy atom. The van der Waals surface area contributed by atoms with E-state index < -0.39 is 21.3 Å². The molecule has 4 aromatic carbocycles. The molecule has 2 aliphatic rings. The predicted molar refractivity (Wildman–Crippen MR) is 197 cm³/mol. The van der Waals surface area contributed by atoms with Crippen molar-refractivity contribution in [1.82, 2.24) is 0 Å². The van der Waals surface area contributed by atoms with Crippen molar-refractivity contribution in [2.24, 2.45) is 5.41 Å². The first-order valence-corrected chi connectivity index (χ1v) is 20.9. The molecule has 0 heterocycles. The molecular weight excluding hydrogens is 703 g/mol. The van der Waals surface area contributed by atoms with Gasteiger partial charge in [-0.15, -0.1) is 0 Å². The summed E-state index contributed by atoms with van der Waals surface area (Å²) in [6, 6.07) is 35.1. The molecule has 0 radical (unpaired) electrons. The zero-order valence-corrected chi connectivity index (χ0v) is 34.5. The van der Waals surface area contributed by atoms with E-state index in [9.17, 15) is 0 Å². The van der Waals surface area contributed by atoms with Crippen LogP contribution in [0.1, 0.15) is 109 Å². The fourth-order valence-corrected chi connectivity index (χ4v) is 18.0. The molecule has 4 aromatic rings. The van der Waals surface area contributed by atoms with Crippen molar-refractivity contribution in [3.8, 4) is 11.1 Å². The minimum atomic E-state index is -2.98. The van der Waals surface area contributed by atoms with E-state index in [2.05, 4.69) is 178 Å². The molecule has 0 amide bonds. The van der Waals surface area contributed by atoms with Crippen molar-refractivity contribution in [3.63, 3.8) is 0 Å². The van der Waals surface area contributed by atoms with Gasteiger partial charge in [-0.25, -0.2) is 0 Å². The van der Waals surface area contributed by atoms with Gasteiger partial charge in [0, 0.05) is 0 Å². The summed E-state index contributed by atoms with van der Waals surface area (Å²) < 4.78 is 3.36. The van der Waals surface area contributed by atoms with Crippen LogP contribution in [0.15, 0.2) is 115 Å². The van der Waals surface area contributed by atoms with Crippen LogP contribution in [0, 0.1) is 5.41 Å². The molecule has 6 rings (SSSR count). The molecule has 0 aliphatic heterocycles. The fraction of sp³-hybridized carbons (Fsp3) is 0.356. The van der Waals surface area contributed by atoms with Gasteiger partial charge in [0.1, 0.15) is 0 Å². The Labute approximate surface area is 311 Å². The summed E-state index contributed by atoms with van der Waals surface area (Å²) in [4.78, 5) is 0. The molecule has 0 spiro atoms. The molecule has 0 saturated carbocycles. The quantitative estimate of drug-likeness (QED) is 0.223. The zero-order valence-electron chi connectivity index (χ0n) is 30.6. The van der Waals surface area contributed by atoms with Gasteiger partial charge in [-0.1, -0.05) is 0 Å². The number of fused-ring (bicyclic) bond motifs is 3. The van der Waals surface area contributed by atoms with E-state index in [0.717, 1.165) is 12.8 Å². The van der Waals surface area contributed by atoms with Crippen LogP contribution in [0.5, 0.6) is 0 Å². The predicted octanol–water partition coefficient (Wildman–Crippen LogP) is 5.48. The topological polar surface area (TPSA) is 0 Å². The summed E-state index contributed by atoms with van der Waals surface area (Å²) in [6.45, 7) is 23.9. The van der Waals surface area contributed by atoms with E-state index >= 15 is 0 Å². The summed E-state index contributed by atoms with van der Waals surface area (Å²) in [6.07, 6.45) is 10.0. The van der Waals surface area contributed by atoms with Crippen LogP contribution in [0.2, 0.25) is 3.12 Å². The molecule has 0 N–H and O–H groups in total. The average molecular weight is 755 g/mol. The maximum atomic E-state index is 2.74. The third kappa shape index (κ3) is 7.13. The normalized spacial score (nSPS) is 16.6. The maximum absolute atomic E-state index is 2.98. The summed E-state index contributed by atoms with van der Waals surface area (Å²) >= 11 is -2.98. The molecule has 0 nitrogen and oxygen atoms in total. The summed E-state index contributed by atoms with van der Waals surface area (Å²) in [5, 5.41) is 0. The van der Waals surface area contributed by atoms with E-state index in [0.29, 0.717) is 0 Å². The molecule has 0 saturated heterocycles. The molecule has 1 atom stereocenters. The first-order chi connectivity index (χ1) is 21.6. The van der Waals surface area contributed by atoms with E-state index in [1.165, 1.54) is 39.0 Å². The Morgan fingerprint density at radius 1 is 0.667 bits per heavy atom. The Bertz CT molecular complexity index is 1830. The third-order valence-electron chi connectivity index (χ3n) is 10.3. The van der Waals surface area contributed by atoms with Crippen LogP contribution < -0.4 is 28.1 Å². The van der Waals surface area contributed by atoms with Gasteiger partial charge in [0.2, 0.25) is 0 Å². The van der Waals surface area contributed by atoms with Gasteiger partial charge in [-0.2, -0.15) is 0 Å². The van der Waals surface area contributed by atoms with E-state index in [-0.39, 0.29) is 44.2 Å². The van der Waals surface area contributed by atoms with Crippen LogP contribution >= 0.6 is 0 Å².